The molecule has 1 aliphatic heterocycles. The number of allylic oxidation sites excluding steroid dienone is 2. The first-order valence-corrected chi connectivity index (χ1v) is 13.7. The molecule has 0 aliphatic carbocycles. The van der Waals surface area contributed by atoms with Crippen LogP contribution in [-0.2, 0) is 26.5 Å². The average Bonchev–Trinajstić information content (AvgIpc) is 2.99. The molecule has 0 fully saturated rings. The third-order valence-electron chi connectivity index (χ3n) is 6.32. The Bertz CT molecular complexity index is 897. The minimum absolute atomic E-state index is 0.487. The van der Waals surface area contributed by atoms with Crippen molar-refractivity contribution in [2.45, 2.75) is 80.7 Å². The van der Waals surface area contributed by atoms with Crippen LogP contribution in [0.4, 0.5) is 5.69 Å². The van der Waals surface area contributed by atoms with E-state index in [1.165, 1.54) is 50.5 Å². The van der Waals surface area contributed by atoms with Crippen LogP contribution < -0.4 is 4.90 Å². The maximum absolute atomic E-state index is 4.58. The second-order valence-corrected chi connectivity index (χ2v) is 9.26. The van der Waals surface area contributed by atoms with Gasteiger partial charge in [0.15, 0.2) is 0 Å². The summed E-state index contributed by atoms with van der Waals surface area (Å²) in [6.07, 6.45) is 0. The van der Waals surface area contributed by atoms with E-state index >= 15 is 0 Å². The van der Waals surface area contributed by atoms with Crippen LogP contribution in [-0.4, -0.2) is 4.90 Å². The average molecular weight is 622 g/mol. The molecule has 0 spiro atoms. The van der Waals surface area contributed by atoms with Crippen molar-refractivity contribution in [2.75, 3.05) is 4.90 Å². The van der Waals surface area contributed by atoms with Gasteiger partial charge in [0.2, 0.25) is 0 Å². The zero-order valence-electron chi connectivity index (χ0n) is 20.4. The summed E-state index contributed by atoms with van der Waals surface area (Å²) in [5.41, 5.74) is 12.4. The van der Waals surface area contributed by atoms with E-state index in [1.54, 1.807) is 20.0 Å². The Morgan fingerprint density at radius 2 is 1.32 bits per heavy atom. The van der Waals surface area contributed by atoms with E-state index in [9.17, 15) is 0 Å². The number of halogens is 1. The van der Waals surface area contributed by atoms with Crippen molar-refractivity contribution in [1.29, 1.82) is 0 Å². The predicted octanol–water partition coefficient (Wildman–Crippen LogP) is 8.24. The van der Waals surface area contributed by atoms with Gasteiger partial charge in [-0.05, 0) is 80.0 Å². The first-order valence-electron chi connectivity index (χ1n) is 11.0. The summed E-state index contributed by atoms with van der Waals surface area (Å²) in [5, 5.41) is 0. The van der Waals surface area contributed by atoms with Crippen LogP contribution >= 0.6 is 9.19 Å². The van der Waals surface area contributed by atoms with Gasteiger partial charge in [-0.1, -0.05) is 63.6 Å². The molecule has 0 N–H and O–H groups in total. The summed E-state index contributed by atoms with van der Waals surface area (Å²) in [6.45, 7) is 23.6. The van der Waals surface area contributed by atoms with Crippen LogP contribution in [0.1, 0.15) is 86.8 Å². The molecule has 3 rings (SSSR count). The molecule has 0 saturated heterocycles. The van der Waals surface area contributed by atoms with Gasteiger partial charge in [0, 0.05) is 17.9 Å². The third-order valence-corrected chi connectivity index (χ3v) is 6.32. The molecular formula is C27H37AuClN2-. The Kier molecular flexibility index (Phi) is 9.33. The molecule has 0 amide bonds. The molecule has 0 bridgehead atoms. The molecular weight excluding hydrogens is 585 g/mol. The summed E-state index contributed by atoms with van der Waals surface area (Å²) in [5.74, 6) is 0.974. The molecule has 0 unspecified atom stereocenters. The molecule has 0 radical (unpaired) electrons. The SMILES string of the molecule is CC1=C(C)N(c2c(C(C)C)cccc2C(C)C)[CH-]N1Cc1c(C)cc(C)cc1C.[Cl][Au]. The topological polar surface area (TPSA) is 6.48 Å². The van der Waals surface area contributed by atoms with Gasteiger partial charge in [-0.25, -0.2) is 0 Å². The molecule has 1 heterocycles. The van der Waals surface area contributed by atoms with Gasteiger partial charge in [0.25, 0.3) is 0 Å². The van der Waals surface area contributed by atoms with Crippen molar-refractivity contribution < 1.29 is 20.0 Å². The number of rotatable bonds is 5. The summed E-state index contributed by atoms with van der Waals surface area (Å²) in [6, 6.07) is 11.4. The predicted molar refractivity (Wildman–Crippen MR) is 132 cm³/mol. The fourth-order valence-electron chi connectivity index (χ4n) is 4.50. The van der Waals surface area contributed by atoms with E-state index in [0.29, 0.717) is 11.8 Å². The Hall–Kier alpha value is -1.19. The number of anilines is 1. The Labute approximate surface area is 206 Å². The third kappa shape index (κ3) is 5.60. The van der Waals surface area contributed by atoms with Crippen LogP contribution in [0.5, 0.6) is 0 Å². The van der Waals surface area contributed by atoms with Crippen molar-refractivity contribution in [3.63, 3.8) is 0 Å². The van der Waals surface area contributed by atoms with Gasteiger partial charge in [-0.3, -0.25) is 0 Å². The second-order valence-electron chi connectivity index (χ2n) is 9.26. The van der Waals surface area contributed by atoms with E-state index in [4.69, 9.17) is 0 Å². The van der Waals surface area contributed by atoms with E-state index in [2.05, 4.69) is 118 Å². The number of hydrogen-bond donors (Lipinski definition) is 0. The van der Waals surface area contributed by atoms with Crippen LogP contribution in [0.3, 0.4) is 0 Å². The van der Waals surface area contributed by atoms with Crippen molar-refractivity contribution in [3.8, 4) is 0 Å². The first kappa shape index (κ1) is 26.1. The van der Waals surface area contributed by atoms with Crippen molar-refractivity contribution in [3.05, 3.63) is 81.8 Å². The minimum atomic E-state index is 0.487. The van der Waals surface area contributed by atoms with Crippen LogP contribution in [0.2, 0.25) is 0 Å². The van der Waals surface area contributed by atoms with E-state index in [0.717, 1.165) is 6.54 Å². The standard InChI is InChI=1S/C27H37N2.Au.ClH/c1-17(2)24-11-10-12-25(18(3)4)27(24)29-16-28(22(8)23(29)9)15-26-20(6)13-19(5)14-21(26)7;;/h10-14,16-18H,15H2,1-9H3;;1H/q-1;+1;/p-1. The van der Waals surface area contributed by atoms with Gasteiger partial charge < -0.3 is 9.80 Å². The monoisotopic (exact) mass is 621 g/mol. The maximum atomic E-state index is 4.58. The quantitative estimate of drug-likeness (QED) is 0.245. The molecule has 4 heteroatoms. The van der Waals surface area contributed by atoms with E-state index < -0.39 is 0 Å². The molecule has 0 atom stereocenters. The second kappa shape index (κ2) is 11.1. The number of nitrogens with zero attached hydrogens (tertiary/aromatic N) is 2. The number of aryl methyl sites for hydroxylation is 3. The number of benzene rings is 2. The zero-order chi connectivity index (χ0) is 23.5. The van der Waals surface area contributed by atoms with Crippen LogP contribution in [0.25, 0.3) is 0 Å². The Balaban J connectivity index is 0.00000166. The van der Waals surface area contributed by atoms with Gasteiger partial charge in [0.1, 0.15) is 0 Å². The Morgan fingerprint density at radius 3 is 1.77 bits per heavy atom. The van der Waals surface area contributed by atoms with E-state index in [1.807, 2.05) is 0 Å². The molecule has 1 aliphatic rings. The fraction of sp³-hybridized carbons (Fsp3) is 0.444. The van der Waals surface area contributed by atoms with Crippen molar-refractivity contribution in [2.24, 2.45) is 0 Å². The first-order chi connectivity index (χ1) is 14.6. The molecule has 0 saturated carbocycles. The van der Waals surface area contributed by atoms with Crippen LogP contribution in [0.15, 0.2) is 41.7 Å². The fourth-order valence-corrected chi connectivity index (χ4v) is 4.50. The number of hydrogen-bond acceptors (Lipinski definition) is 2. The van der Waals surface area contributed by atoms with Crippen LogP contribution in [0, 0.1) is 27.4 Å². The molecule has 0 aromatic heterocycles. The molecule has 174 valence electrons. The van der Waals surface area contributed by atoms with Gasteiger partial charge in [-0.2, -0.15) is 6.67 Å². The van der Waals surface area contributed by atoms with Gasteiger partial charge in [-0.15, -0.1) is 0 Å². The van der Waals surface area contributed by atoms with Gasteiger partial charge in [0.05, 0.1) is 0 Å². The number of para-hydroxylation sites is 1. The molecule has 31 heavy (non-hydrogen) atoms. The normalized spacial score (nSPS) is 14.0. The summed E-state index contributed by atoms with van der Waals surface area (Å²) in [7, 11) is 4.58. The van der Waals surface area contributed by atoms with Crippen molar-refractivity contribution in [1.82, 2.24) is 4.90 Å². The summed E-state index contributed by atoms with van der Waals surface area (Å²) < 4.78 is 0. The Morgan fingerprint density at radius 1 is 0.839 bits per heavy atom. The van der Waals surface area contributed by atoms with Crippen molar-refractivity contribution >= 4 is 14.9 Å². The summed E-state index contributed by atoms with van der Waals surface area (Å²) >= 11 is 1.75. The summed E-state index contributed by atoms with van der Waals surface area (Å²) in [4.78, 5) is 4.85. The molecule has 2 nitrogen and oxygen atoms in total. The van der Waals surface area contributed by atoms with E-state index in [-0.39, 0.29) is 0 Å². The molecule has 2 aromatic carbocycles. The van der Waals surface area contributed by atoms with Gasteiger partial charge >= 0.3 is 29.2 Å². The zero-order valence-corrected chi connectivity index (χ0v) is 23.3. The molecule has 2 aromatic rings.